The summed E-state index contributed by atoms with van der Waals surface area (Å²) in [5.74, 6) is 0. The molecule has 0 atom stereocenters. The number of carbonyl (C=O) groups excluding carboxylic acids is 1. The molecule has 1 N–H and O–H groups in total. The predicted octanol–water partition coefficient (Wildman–Crippen LogP) is -4.76. The molecular weight excluding hydrogens is 127 g/mol. The number of carboxylic acid groups (broad SMARTS) is 1. The van der Waals surface area contributed by atoms with Crippen LogP contribution in [0, 0.1) is 0 Å². The Hall–Kier alpha value is -0.173. The summed E-state index contributed by atoms with van der Waals surface area (Å²) in [6, 6.07) is 0. The molecule has 4 nitrogen and oxygen atoms in total. The largest absolute Gasteiger partial charge is 1.00 e. The van der Waals surface area contributed by atoms with Crippen molar-refractivity contribution in [3.63, 3.8) is 0 Å². The van der Waals surface area contributed by atoms with E-state index in [1.165, 1.54) is 4.90 Å². The molecule has 1 heterocycles. The Morgan fingerprint density at radius 2 is 1.90 bits per heavy atom. The Bertz CT molecular complexity index is 114. The van der Waals surface area contributed by atoms with Gasteiger partial charge in [0.15, 0.2) is 0 Å². The number of nitrogens with one attached hydrogen (secondary N) is 1. The fraction of sp³-hybridized carbons (Fsp3) is 0.800. The Labute approximate surface area is 71.8 Å². The third kappa shape index (κ3) is 2.61. The fourth-order valence-corrected chi connectivity index (χ4v) is 0.847. The zero-order valence-electron chi connectivity index (χ0n) is 6.09. The van der Waals surface area contributed by atoms with Crippen LogP contribution >= 0.6 is 0 Å². The first-order chi connectivity index (χ1) is 4.30. The Morgan fingerprint density at radius 3 is 2.20 bits per heavy atom. The molecule has 52 valence electrons. The maximum absolute atomic E-state index is 10.1. The van der Waals surface area contributed by atoms with Crippen molar-refractivity contribution in [3.8, 4) is 0 Å². The van der Waals surface area contributed by atoms with Crippen molar-refractivity contribution in [1.29, 1.82) is 0 Å². The third-order valence-electron chi connectivity index (χ3n) is 1.38. The van der Waals surface area contributed by atoms with Crippen LogP contribution in [0.4, 0.5) is 4.79 Å². The van der Waals surface area contributed by atoms with Crippen molar-refractivity contribution in [2.24, 2.45) is 0 Å². The van der Waals surface area contributed by atoms with Crippen LogP contribution in [-0.2, 0) is 0 Å². The van der Waals surface area contributed by atoms with Gasteiger partial charge in [0.1, 0.15) is 6.09 Å². The molecule has 10 heavy (non-hydrogen) atoms. The van der Waals surface area contributed by atoms with E-state index in [0.717, 1.165) is 13.1 Å². The second-order valence-electron chi connectivity index (χ2n) is 2.00. The molecule has 0 saturated carbocycles. The molecule has 0 aliphatic carbocycles. The van der Waals surface area contributed by atoms with Crippen molar-refractivity contribution in [1.82, 2.24) is 10.2 Å². The molecule has 0 aromatic rings. The van der Waals surface area contributed by atoms with E-state index in [4.69, 9.17) is 0 Å². The van der Waals surface area contributed by atoms with Gasteiger partial charge in [-0.2, -0.15) is 0 Å². The van der Waals surface area contributed by atoms with Crippen LogP contribution in [0.25, 0.3) is 0 Å². The van der Waals surface area contributed by atoms with Crippen LogP contribution in [0.1, 0.15) is 0 Å². The van der Waals surface area contributed by atoms with Gasteiger partial charge in [-0.3, -0.25) is 0 Å². The van der Waals surface area contributed by atoms with Crippen LogP contribution in [0.3, 0.4) is 0 Å². The van der Waals surface area contributed by atoms with Crippen LogP contribution in [0.2, 0.25) is 0 Å². The van der Waals surface area contributed by atoms with Crippen LogP contribution in [-0.4, -0.2) is 37.2 Å². The molecule has 0 aromatic carbocycles. The minimum Gasteiger partial charge on any atom is -0.530 e. The number of piperazine rings is 1. The fourth-order valence-electron chi connectivity index (χ4n) is 0.847. The minimum absolute atomic E-state index is 0. The summed E-state index contributed by atoms with van der Waals surface area (Å²) in [6.45, 7) is 2.60. The maximum atomic E-state index is 10.1. The van der Waals surface area contributed by atoms with E-state index in [-0.39, 0.29) is 18.9 Å². The van der Waals surface area contributed by atoms with Gasteiger partial charge in [0.2, 0.25) is 0 Å². The van der Waals surface area contributed by atoms with E-state index in [1.807, 2.05) is 0 Å². The first-order valence-corrected chi connectivity index (χ1v) is 2.97. The van der Waals surface area contributed by atoms with E-state index < -0.39 is 6.09 Å². The summed E-state index contributed by atoms with van der Waals surface area (Å²) in [7, 11) is 0. The van der Waals surface area contributed by atoms with Crippen molar-refractivity contribution in [2.75, 3.05) is 26.2 Å². The van der Waals surface area contributed by atoms with Crippen LogP contribution in [0.5, 0.6) is 0 Å². The topological polar surface area (TPSA) is 55.4 Å². The van der Waals surface area contributed by atoms with Crippen molar-refractivity contribution < 1.29 is 28.8 Å². The molecule has 0 unspecified atom stereocenters. The second-order valence-corrected chi connectivity index (χ2v) is 2.00. The van der Waals surface area contributed by atoms with Crippen molar-refractivity contribution in [3.05, 3.63) is 0 Å². The number of hydrogen-bond donors (Lipinski definition) is 1. The first-order valence-electron chi connectivity index (χ1n) is 2.97. The average molecular weight is 136 g/mol. The molecule has 1 aliphatic heterocycles. The number of amides is 1. The van der Waals surface area contributed by atoms with Gasteiger partial charge >= 0.3 is 18.9 Å². The van der Waals surface area contributed by atoms with Crippen LogP contribution in [0.15, 0.2) is 0 Å². The molecule has 0 radical (unpaired) electrons. The Balaban J connectivity index is 0.000000810. The Kier molecular flexibility index (Phi) is 4.53. The number of rotatable bonds is 0. The summed E-state index contributed by atoms with van der Waals surface area (Å²) in [4.78, 5) is 11.4. The molecule has 0 spiro atoms. The van der Waals surface area contributed by atoms with E-state index >= 15 is 0 Å². The van der Waals surface area contributed by atoms with E-state index in [1.54, 1.807) is 0 Å². The van der Waals surface area contributed by atoms with Crippen molar-refractivity contribution >= 4 is 6.09 Å². The standard InChI is InChI=1S/C5H10N2O2.Li/c8-5(9)7-3-1-6-2-4-7;/h6H,1-4H2,(H,8,9);/q;+1/p-1. The van der Waals surface area contributed by atoms with E-state index in [9.17, 15) is 9.90 Å². The first kappa shape index (κ1) is 9.83. The monoisotopic (exact) mass is 136 g/mol. The minimum atomic E-state index is -1.06. The van der Waals surface area contributed by atoms with Gasteiger partial charge < -0.3 is 20.1 Å². The molecule has 1 amide bonds. The number of carbonyl (C=O) groups is 1. The SMILES string of the molecule is O=C([O-])N1CCNCC1.[Li+]. The van der Waals surface area contributed by atoms with Gasteiger partial charge in [-0.05, 0) is 0 Å². The number of hydrogen-bond acceptors (Lipinski definition) is 3. The van der Waals surface area contributed by atoms with E-state index in [2.05, 4.69) is 5.32 Å². The molecule has 1 fully saturated rings. The van der Waals surface area contributed by atoms with Gasteiger partial charge in [-0.25, -0.2) is 0 Å². The smallest absolute Gasteiger partial charge is 0.530 e. The normalized spacial score (nSPS) is 17.8. The molecule has 5 heteroatoms. The summed E-state index contributed by atoms with van der Waals surface area (Å²) in [5, 5.41) is 13.2. The molecular formula is C5H9LiN2O2. The van der Waals surface area contributed by atoms with Crippen molar-refractivity contribution in [2.45, 2.75) is 0 Å². The zero-order chi connectivity index (χ0) is 6.69. The summed E-state index contributed by atoms with van der Waals surface area (Å²) in [5.41, 5.74) is 0. The molecule has 1 saturated heterocycles. The Morgan fingerprint density at radius 1 is 1.40 bits per heavy atom. The predicted molar refractivity (Wildman–Crippen MR) is 29.8 cm³/mol. The van der Waals surface area contributed by atoms with Gasteiger partial charge in [-0.15, -0.1) is 0 Å². The maximum Gasteiger partial charge on any atom is 1.00 e. The van der Waals surface area contributed by atoms with Crippen LogP contribution < -0.4 is 29.3 Å². The van der Waals surface area contributed by atoms with Gasteiger partial charge in [0.25, 0.3) is 0 Å². The quantitative estimate of drug-likeness (QED) is 0.340. The second kappa shape index (κ2) is 4.61. The summed E-state index contributed by atoms with van der Waals surface area (Å²) < 4.78 is 0. The number of nitrogens with zero attached hydrogens (tertiary/aromatic N) is 1. The average Bonchev–Trinajstić information content (AvgIpc) is 1.90. The van der Waals surface area contributed by atoms with E-state index in [0.29, 0.717) is 13.1 Å². The molecule has 1 rings (SSSR count). The van der Waals surface area contributed by atoms with Gasteiger partial charge in [0.05, 0.1) is 0 Å². The molecule has 0 bridgehead atoms. The molecule has 1 aliphatic rings. The zero-order valence-corrected chi connectivity index (χ0v) is 6.09. The molecule has 0 aromatic heterocycles. The van der Waals surface area contributed by atoms with Gasteiger partial charge in [0, 0.05) is 26.2 Å². The summed E-state index contributed by atoms with van der Waals surface area (Å²) in [6.07, 6.45) is -1.06. The third-order valence-corrected chi connectivity index (χ3v) is 1.38. The summed E-state index contributed by atoms with van der Waals surface area (Å²) >= 11 is 0. The van der Waals surface area contributed by atoms with Gasteiger partial charge in [-0.1, -0.05) is 0 Å².